The molecule has 7 nitrogen and oxygen atoms in total. The predicted molar refractivity (Wildman–Crippen MR) is 108 cm³/mol. The van der Waals surface area contributed by atoms with Crippen molar-refractivity contribution >= 4 is 28.2 Å². The monoisotopic (exact) mass is 388 g/mol. The van der Waals surface area contributed by atoms with Gasteiger partial charge in [0.15, 0.2) is 0 Å². The second kappa shape index (κ2) is 7.88. The van der Waals surface area contributed by atoms with E-state index < -0.39 is 0 Å². The van der Waals surface area contributed by atoms with Crippen LogP contribution in [0.2, 0.25) is 0 Å². The van der Waals surface area contributed by atoms with Crippen LogP contribution >= 0.6 is 11.3 Å². The third kappa shape index (κ3) is 4.80. The number of piperidine rings is 1. The molecule has 0 aromatic carbocycles. The normalized spacial score (nSPS) is 16.0. The van der Waals surface area contributed by atoms with E-state index in [-0.39, 0.29) is 23.2 Å². The van der Waals surface area contributed by atoms with Gasteiger partial charge in [-0.05, 0) is 12.8 Å². The van der Waals surface area contributed by atoms with Crippen LogP contribution < -0.4 is 10.2 Å². The van der Waals surface area contributed by atoms with Crippen LogP contribution in [0.25, 0.3) is 0 Å². The molecule has 0 bridgehead atoms. The number of aromatic nitrogens is 4. The Morgan fingerprint density at radius 3 is 2.52 bits per heavy atom. The molecule has 1 aliphatic heterocycles. The van der Waals surface area contributed by atoms with Crippen molar-refractivity contribution in [2.75, 3.05) is 23.3 Å². The first-order valence-corrected chi connectivity index (χ1v) is 10.3. The van der Waals surface area contributed by atoms with Gasteiger partial charge in [0.05, 0.1) is 5.69 Å². The quantitative estimate of drug-likeness (QED) is 0.861. The molecule has 1 fully saturated rings. The molecule has 1 aliphatic rings. The second-order valence-electron chi connectivity index (χ2n) is 8.37. The number of rotatable bonds is 4. The predicted octanol–water partition coefficient (Wildman–Crippen LogP) is 3.60. The van der Waals surface area contributed by atoms with Crippen LogP contribution in [0, 0.1) is 5.92 Å². The minimum atomic E-state index is -0.0265. The summed E-state index contributed by atoms with van der Waals surface area (Å²) in [6, 6.07) is 2.10. The Hall–Kier alpha value is -2.09. The molecule has 1 saturated heterocycles. The van der Waals surface area contributed by atoms with Gasteiger partial charge in [-0.2, -0.15) is 0 Å². The average Bonchev–Trinajstić information content (AvgIpc) is 3.13. The molecule has 2 aromatic rings. The number of hydrogen-bond donors (Lipinski definition) is 1. The fourth-order valence-corrected chi connectivity index (χ4v) is 3.51. The van der Waals surface area contributed by atoms with Crippen molar-refractivity contribution in [1.82, 2.24) is 20.2 Å². The van der Waals surface area contributed by atoms with Crippen molar-refractivity contribution in [2.24, 2.45) is 5.92 Å². The van der Waals surface area contributed by atoms with E-state index in [1.165, 1.54) is 11.3 Å². The van der Waals surface area contributed by atoms with Crippen molar-refractivity contribution < 1.29 is 4.79 Å². The zero-order valence-electron chi connectivity index (χ0n) is 16.7. The molecule has 0 aliphatic carbocycles. The van der Waals surface area contributed by atoms with E-state index in [4.69, 9.17) is 9.97 Å². The maximum Gasteiger partial charge on any atom is 0.229 e. The third-order valence-electron chi connectivity index (χ3n) is 4.79. The molecule has 2 aromatic heterocycles. The Morgan fingerprint density at radius 1 is 1.26 bits per heavy atom. The molecule has 0 spiro atoms. The first-order valence-electron chi connectivity index (χ1n) is 9.45. The summed E-state index contributed by atoms with van der Waals surface area (Å²) in [5, 5.41) is 11.1. The summed E-state index contributed by atoms with van der Waals surface area (Å²) < 4.78 is 0. The van der Waals surface area contributed by atoms with Gasteiger partial charge in [-0.1, -0.05) is 46.0 Å². The lowest BCUT2D eigenvalue weighted by molar-refractivity contribution is -0.120. The zero-order chi connectivity index (χ0) is 19.6. The van der Waals surface area contributed by atoms with Crippen molar-refractivity contribution in [2.45, 2.75) is 58.8 Å². The highest BCUT2D eigenvalue weighted by atomic mass is 32.1. The lowest BCUT2D eigenvalue weighted by atomic mass is 9.91. The lowest BCUT2D eigenvalue weighted by Gasteiger charge is -2.33. The molecular weight excluding hydrogens is 360 g/mol. The minimum Gasteiger partial charge on any atom is -0.356 e. The van der Waals surface area contributed by atoms with Gasteiger partial charge in [0, 0.05) is 36.4 Å². The average molecular weight is 389 g/mol. The van der Waals surface area contributed by atoms with E-state index in [1.54, 1.807) is 5.51 Å². The molecule has 146 valence electrons. The summed E-state index contributed by atoms with van der Waals surface area (Å²) in [4.78, 5) is 24.3. The van der Waals surface area contributed by atoms with Gasteiger partial charge in [-0.3, -0.25) is 4.79 Å². The minimum absolute atomic E-state index is 0.00126. The Balaban J connectivity index is 1.70. The summed E-state index contributed by atoms with van der Waals surface area (Å²) in [7, 11) is 0. The molecule has 0 saturated carbocycles. The van der Waals surface area contributed by atoms with E-state index in [1.807, 2.05) is 0 Å². The van der Waals surface area contributed by atoms with Gasteiger partial charge < -0.3 is 10.2 Å². The van der Waals surface area contributed by atoms with Crippen molar-refractivity contribution in [3.05, 3.63) is 23.1 Å². The fourth-order valence-electron chi connectivity index (χ4n) is 3.06. The highest BCUT2D eigenvalue weighted by Gasteiger charge is 2.28. The maximum absolute atomic E-state index is 12.4. The summed E-state index contributed by atoms with van der Waals surface area (Å²) in [6.45, 7) is 12.4. The number of nitrogens with one attached hydrogen (secondary N) is 1. The number of amides is 1. The number of carbonyl (C=O) groups is 1. The first kappa shape index (κ1) is 19.7. The topological polar surface area (TPSA) is 83.9 Å². The number of carbonyl (C=O) groups excluding carboxylic acids is 1. The Labute approximate surface area is 164 Å². The smallest absolute Gasteiger partial charge is 0.229 e. The van der Waals surface area contributed by atoms with Gasteiger partial charge in [-0.25, -0.2) is 9.97 Å². The van der Waals surface area contributed by atoms with Crippen molar-refractivity contribution in [3.8, 4) is 0 Å². The standard InChI is InChI=1S/C19H28N6OS/c1-12(2)16-21-14(19(3,4)5)10-15(22-16)25-8-6-13(7-9-25)17(26)23-18-24-20-11-27-18/h10-13H,6-9H2,1-5H3,(H,23,24,26). The van der Waals surface area contributed by atoms with Crippen molar-refractivity contribution in [3.63, 3.8) is 0 Å². The molecule has 0 radical (unpaired) electrons. The maximum atomic E-state index is 12.4. The second-order valence-corrected chi connectivity index (χ2v) is 9.20. The van der Waals surface area contributed by atoms with E-state index in [0.717, 1.165) is 43.3 Å². The number of nitrogens with zero attached hydrogens (tertiary/aromatic N) is 5. The van der Waals surface area contributed by atoms with E-state index in [2.05, 4.69) is 61.1 Å². The fraction of sp³-hybridized carbons (Fsp3) is 0.632. The van der Waals surface area contributed by atoms with Gasteiger partial charge in [0.1, 0.15) is 17.2 Å². The van der Waals surface area contributed by atoms with Crippen LogP contribution in [0.1, 0.15) is 64.9 Å². The third-order valence-corrected chi connectivity index (χ3v) is 5.40. The zero-order valence-corrected chi connectivity index (χ0v) is 17.5. The summed E-state index contributed by atoms with van der Waals surface area (Å²) in [5.74, 6) is 2.17. The lowest BCUT2D eigenvalue weighted by Crippen LogP contribution is -2.39. The van der Waals surface area contributed by atoms with Crippen LogP contribution in [0.3, 0.4) is 0 Å². The largest absolute Gasteiger partial charge is 0.356 e. The molecule has 3 heterocycles. The van der Waals surface area contributed by atoms with Gasteiger partial charge in [0.25, 0.3) is 0 Å². The highest BCUT2D eigenvalue weighted by Crippen LogP contribution is 2.28. The van der Waals surface area contributed by atoms with Gasteiger partial charge in [0.2, 0.25) is 11.0 Å². The molecule has 8 heteroatoms. The van der Waals surface area contributed by atoms with Gasteiger partial charge in [-0.15, -0.1) is 10.2 Å². The summed E-state index contributed by atoms with van der Waals surface area (Å²) in [6.07, 6.45) is 1.60. The molecule has 0 atom stereocenters. The Kier molecular flexibility index (Phi) is 5.74. The van der Waals surface area contributed by atoms with Crippen LogP contribution in [-0.2, 0) is 10.2 Å². The van der Waals surface area contributed by atoms with E-state index in [0.29, 0.717) is 5.13 Å². The van der Waals surface area contributed by atoms with E-state index in [9.17, 15) is 4.79 Å². The Morgan fingerprint density at radius 2 is 1.96 bits per heavy atom. The molecule has 3 rings (SSSR count). The van der Waals surface area contributed by atoms with Gasteiger partial charge >= 0.3 is 0 Å². The molecular formula is C19H28N6OS. The Bertz CT molecular complexity index is 776. The van der Waals surface area contributed by atoms with Crippen LogP contribution in [0.4, 0.5) is 10.9 Å². The highest BCUT2D eigenvalue weighted by molar-refractivity contribution is 7.13. The summed E-state index contributed by atoms with van der Waals surface area (Å²) >= 11 is 1.34. The van der Waals surface area contributed by atoms with Crippen LogP contribution in [0.15, 0.2) is 11.6 Å². The SMILES string of the molecule is CC(C)c1nc(N2CCC(C(=O)Nc3nncs3)CC2)cc(C(C)(C)C)n1. The van der Waals surface area contributed by atoms with Crippen molar-refractivity contribution in [1.29, 1.82) is 0 Å². The number of hydrogen-bond acceptors (Lipinski definition) is 7. The van der Waals surface area contributed by atoms with E-state index >= 15 is 0 Å². The molecule has 1 N–H and O–H groups in total. The molecule has 1 amide bonds. The molecule has 0 unspecified atom stereocenters. The summed E-state index contributed by atoms with van der Waals surface area (Å²) in [5.41, 5.74) is 2.65. The number of anilines is 2. The molecule has 27 heavy (non-hydrogen) atoms. The van der Waals surface area contributed by atoms with Crippen LogP contribution in [-0.4, -0.2) is 39.2 Å². The van der Waals surface area contributed by atoms with Crippen LogP contribution in [0.5, 0.6) is 0 Å². The first-order chi connectivity index (χ1) is 12.7.